The van der Waals surface area contributed by atoms with Crippen molar-refractivity contribution in [1.29, 1.82) is 0 Å². The summed E-state index contributed by atoms with van der Waals surface area (Å²) in [5.74, 6) is -3.04. The zero-order valence-corrected chi connectivity index (χ0v) is 13.3. The van der Waals surface area contributed by atoms with Crippen molar-refractivity contribution in [3.8, 4) is 0 Å². The van der Waals surface area contributed by atoms with E-state index in [0.29, 0.717) is 5.75 Å². The smallest absolute Gasteiger partial charge is 0.344 e. The third-order valence-electron chi connectivity index (χ3n) is 2.73. The van der Waals surface area contributed by atoms with Gasteiger partial charge >= 0.3 is 17.9 Å². The monoisotopic (exact) mass is 335 g/mol. The van der Waals surface area contributed by atoms with Crippen LogP contribution in [0.1, 0.15) is 13.8 Å². The molecule has 21 heavy (non-hydrogen) atoms. The van der Waals surface area contributed by atoms with E-state index in [1.165, 1.54) is 0 Å². The molecule has 1 heterocycles. The summed E-state index contributed by atoms with van der Waals surface area (Å²) in [7, 11) is 0. The summed E-state index contributed by atoms with van der Waals surface area (Å²) in [5, 5.41) is 17.8. The van der Waals surface area contributed by atoms with E-state index >= 15 is 0 Å². The molecule has 1 unspecified atom stereocenters. The number of carbonyl (C=O) groups excluding carboxylic acids is 1. The van der Waals surface area contributed by atoms with Crippen molar-refractivity contribution in [1.82, 2.24) is 4.90 Å². The van der Waals surface area contributed by atoms with Crippen molar-refractivity contribution in [3.05, 3.63) is 9.81 Å². The van der Waals surface area contributed by atoms with Crippen LogP contribution in [0.2, 0.25) is 0 Å². The molecule has 0 bridgehead atoms. The first-order valence-corrected chi connectivity index (χ1v) is 8.17. The van der Waals surface area contributed by atoms with Gasteiger partial charge in [0.1, 0.15) is 0 Å². The predicted molar refractivity (Wildman–Crippen MR) is 80.0 cm³/mol. The number of ether oxygens (including phenoxy) is 1. The highest BCUT2D eigenvalue weighted by Crippen LogP contribution is 2.44. The SMILES string of the molecule is CCN(CC)CC(=O)OC1CSC(=C(C(=O)O)C(=O)O)S1. The van der Waals surface area contributed by atoms with Crippen molar-refractivity contribution in [2.75, 3.05) is 25.4 Å². The lowest BCUT2D eigenvalue weighted by Crippen LogP contribution is -2.32. The zero-order valence-electron chi connectivity index (χ0n) is 11.7. The van der Waals surface area contributed by atoms with Gasteiger partial charge in [-0.05, 0) is 13.1 Å². The van der Waals surface area contributed by atoms with E-state index in [1.807, 2.05) is 18.7 Å². The lowest BCUT2D eigenvalue weighted by molar-refractivity contribution is -0.145. The third-order valence-corrected chi connectivity index (χ3v) is 5.46. The van der Waals surface area contributed by atoms with Gasteiger partial charge in [-0.25, -0.2) is 9.59 Å². The molecule has 2 N–H and O–H groups in total. The third kappa shape index (κ3) is 5.25. The minimum Gasteiger partial charge on any atom is -0.477 e. The van der Waals surface area contributed by atoms with Gasteiger partial charge in [0.15, 0.2) is 11.0 Å². The second kappa shape index (κ2) is 8.30. The van der Waals surface area contributed by atoms with Gasteiger partial charge in [0.05, 0.1) is 10.8 Å². The van der Waals surface area contributed by atoms with Crippen LogP contribution in [0.3, 0.4) is 0 Å². The number of esters is 1. The Hall–Kier alpha value is -1.19. The largest absolute Gasteiger partial charge is 0.477 e. The maximum absolute atomic E-state index is 11.7. The summed E-state index contributed by atoms with van der Waals surface area (Å²) in [5.41, 5.74) is -1.23. The van der Waals surface area contributed by atoms with Gasteiger partial charge < -0.3 is 14.9 Å². The maximum Gasteiger partial charge on any atom is 0.344 e. The summed E-state index contributed by atoms with van der Waals surface area (Å²) in [6.07, 6.45) is 0. The summed E-state index contributed by atoms with van der Waals surface area (Å²) in [6, 6.07) is 0. The number of likely N-dealkylation sites (N-methyl/N-ethyl adjacent to an activating group) is 1. The first-order chi connectivity index (χ1) is 9.88. The van der Waals surface area contributed by atoms with E-state index in [4.69, 9.17) is 14.9 Å². The Morgan fingerprint density at radius 2 is 1.81 bits per heavy atom. The van der Waals surface area contributed by atoms with Crippen molar-refractivity contribution in [2.24, 2.45) is 0 Å². The van der Waals surface area contributed by atoms with Gasteiger partial charge in [-0.1, -0.05) is 25.6 Å². The average molecular weight is 335 g/mol. The summed E-state index contributed by atoms with van der Waals surface area (Å²) >= 11 is 2.04. The molecular weight excluding hydrogens is 318 g/mol. The Kier molecular flexibility index (Phi) is 7.06. The molecular formula is C12H17NO6S2. The first kappa shape index (κ1) is 17.9. The minimum atomic E-state index is -1.49. The molecule has 0 aromatic carbocycles. The second-order valence-electron chi connectivity index (χ2n) is 4.08. The highest BCUT2D eigenvalue weighted by molar-refractivity contribution is 8.25. The van der Waals surface area contributed by atoms with Crippen molar-refractivity contribution in [2.45, 2.75) is 19.3 Å². The van der Waals surface area contributed by atoms with Crippen molar-refractivity contribution >= 4 is 41.4 Å². The summed E-state index contributed by atoms with van der Waals surface area (Å²) in [6.45, 7) is 5.49. The fraction of sp³-hybridized carbons (Fsp3) is 0.583. The number of carbonyl (C=O) groups is 3. The van der Waals surface area contributed by atoms with Crippen LogP contribution in [0.25, 0.3) is 0 Å². The first-order valence-electron chi connectivity index (χ1n) is 6.31. The predicted octanol–water partition coefficient (Wildman–Crippen LogP) is 1.06. The summed E-state index contributed by atoms with van der Waals surface area (Å²) < 4.78 is 5.39. The van der Waals surface area contributed by atoms with Crippen molar-refractivity contribution in [3.63, 3.8) is 0 Å². The van der Waals surface area contributed by atoms with Crippen LogP contribution in [0, 0.1) is 0 Å². The Balaban J connectivity index is 2.62. The van der Waals surface area contributed by atoms with E-state index < -0.39 is 28.9 Å². The number of hydrogen-bond donors (Lipinski definition) is 2. The van der Waals surface area contributed by atoms with E-state index in [9.17, 15) is 14.4 Å². The molecule has 0 spiro atoms. The number of carboxylic acids is 2. The standard InChI is InChI=1S/C12H17NO6S2/c1-3-13(4-2)5-7(14)19-8-6-20-12(21-8)9(10(15)16)11(17)18/h8H,3-6H2,1-2H3,(H,15,16)(H,17,18). The molecule has 118 valence electrons. The topological polar surface area (TPSA) is 104 Å². The highest BCUT2D eigenvalue weighted by atomic mass is 32.2. The molecule has 1 atom stereocenters. The molecule has 1 aliphatic heterocycles. The molecule has 0 radical (unpaired) electrons. The molecule has 0 aliphatic carbocycles. The number of nitrogens with zero attached hydrogens (tertiary/aromatic N) is 1. The van der Waals surface area contributed by atoms with E-state index in [1.54, 1.807) is 0 Å². The lowest BCUT2D eigenvalue weighted by Gasteiger charge is -2.18. The zero-order chi connectivity index (χ0) is 16.0. The highest BCUT2D eigenvalue weighted by Gasteiger charge is 2.32. The van der Waals surface area contributed by atoms with Gasteiger partial charge in [-0.3, -0.25) is 9.69 Å². The number of hydrogen-bond acceptors (Lipinski definition) is 7. The molecule has 1 aliphatic rings. The van der Waals surface area contributed by atoms with E-state index in [0.717, 1.165) is 36.6 Å². The summed E-state index contributed by atoms with van der Waals surface area (Å²) in [4.78, 5) is 35.4. The molecule has 9 heteroatoms. The maximum atomic E-state index is 11.7. The van der Waals surface area contributed by atoms with Crippen LogP contribution < -0.4 is 0 Å². The molecule has 7 nitrogen and oxygen atoms in total. The number of aliphatic carboxylic acids is 2. The fourth-order valence-corrected chi connectivity index (χ4v) is 4.24. The second-order valence-corrected chi connectivity index (χ2v) is 6.54. The molecule has 0 aromatic rings. The Bertz CT molecular complexity index is 445. The normalized spacial score (nSPS) is 17.9. The number of thioether (sulfide) groups is 2. The van der Waals surface area contributed by atoms with Crippen LogP contribution >= 0.6 is 23.5 Å². The van der Waals surface area contributed by atoms with E-state index in [2.05, 4.69) is 0 Å². The molecule has 1 saturated heterocycles. The van der Waals surface area contributed by atoms with Gasteiger partial charge in [0, 0.05) is 5.75 Å². The van der Waals surface area contributed by atoms with Crippen LogP contribution in [0.5, 0.6) is 0 Å². The quantitative estimate of drug-likeness (QED) is 0.306. The van der Waals surface area contributed by atoms with Crippen LogP contribution in [0.4, 0.5) is 0 Å². The molecule has 0 aromatic heterocycles. The van der Waals surface area contributed by atoms with Crippen LogP contribution in [-0.2, 0) is 19.1 Å². The lowest BCUT2D eigenvalue weighted by atomic mass is 10.3. The van der Waals surface area contributed by atoms with Gasteiger partial charge in [0.2, 0.25) is 0 Å². The van der Waals surface area contributed by atoms with E-state index in [-0.39, 0.29) is 10.8 Å². The fourth-order valence-electron chi connectivity index (χ4n) is 1.60. The molecule has 0 saturated carbocycles. The van der Waals surface area contributed by atoms with Gasteiger partial charge in [-0.2, -0.15) is 0 Å². The molecule has 1 rings (SSSR count). The molecule has 0 amide bonds. The van der Waals surface area contributed by atoms with Gasteiger partial charge in [0.25, 0.3) is 0 Å². The Morgan fingerprint density at radius 1 is 1.24 bits per heavy atom. The average Bonchev–Trinajstić information content (AvgIpc) is 2.82. The van der Waals surface area contributed by atoms with Crippen molar-refractivity contribution < 1.29 is 29.3 Å². The Labute approximate surface area is 130 Å². The van der Waals surface area contributed by atoms with Crippen LogP contribution in [0.15, 0.2) is 9.81 Å². The Morgan fingerprint density at radius 3 is 2.29 bits per heavy atom. The minimum absolute atomic E-state index is 0.163. The van der Waals surface area contributed by atoms with Gasteiger partial charge in [-0.15, -0.1) is 11.8 Å². The number of rotatable bonds is 7. The number of carboxylic acid groups (broad SMARTS) is 2. The van der Waals surface area contributed by atoms with Crippen LogP contribution in [-0.4, -0.2) is 63.8 Å². The molecule has 1 fully saturated rings.